The van der Waals surface area contributed by atoms with Crippen molar-refractivity contribution in [3.05, 3.63) is 29.8 Å². The van der Waals surface area contributed by atoms with Crippen LogP contribution in [0.3, 0.4) is 0 Å². The number of methoxy groups -OCH3 is 1. The first-order valence-electron chi connectivity index (χ1n) is 9.50. The van der Waals surface area contributed by atoms with E-state index in [0.29, 0.717) is 19.4 Å². The topological polar surface area (TPSA) is 53.0 Å². The number of fused-ring (bicyclic) bond motifs is 2. The number of amides is 1. The van der Waals surface area contributed by atoms with Crippen LogP contribution in [0, 0.1) is 0 Å². The minimum atomic E-state index is -0.856. The van der Waals surface area contributed by atoms with Gasteiger partial charge >= 0.3 is 0 Å². The number of carbonyl (C=O) groups excluding carboxylic acids is 1. The molecule has 136 valence electrons. The van der Waals surface area contributed by atoms with E-state index in [-0.39, 0.29) is 18.0 Å². The van der Waals surface area contributed by atoms with E-state index in [1.54, 1.807) is 7.11 Å². The van der Waals surface area contributed by atoms with Crippen LogP contribution in [0.1, 0.15) is 44.1 Å². The summed E-state index contributed by atoms with van der Waals surface area (Å²) >= 11 is 0. The molecule has 25 heavy (non-hydrogen) atoms. The highest BCUT2D eigenvalue weighted by molar-refractivity contribution is 5.78. The molecule has 5 nitrogen and oxygen atoms in total. The zero-order valence-corrected chi connectivity index (χ0v) is 15.0. The van der Waals surface area contributed by atoms with Crippen LogP contribution in [0.2, 0.25) is 0 Å². The molecule has 5 heteroatoms. The Hall–Kier alpha value is -1.59. The lowest BCUT2D eigenvalue weighted by molar-refractivity contribution is -0.135. The van der Waals surface area contributed by atoms with Gasteiger partial charge in [-0.15, -0.1) is 0 Å². The molecule has 2 bridgehead atoms. The highest BCUT2D eigenvalue weighted by Crippen LogP contribution is 2.47. The van der Waals surface area contributed by atoms with Crippen molar-refractivity contribution < 1.29 is 14.6 Å². The third-order valence-electron chi connectivity index (χ3n) is 6.30. The second-order valence-electron chi connectivity index (χ2n) is 7.79. The van der Waals surface area contributed by atoms with Gasteiger partial charge in [0.1, 0.15) is 5.75 Å². The monoisotopic (exact) mass is 344 g/mol. The smallest absolute Gasteiger partial charge is 0.236 e. The van der Waals surface area contributed by atoms with Crippen LogP contribution in [0.25, 0.3) is 0 Å². The molecule has 0 saturated carbocycles. The fourth-order valence-corrected chi connectivity index (χ4v) is 5.05. The van der Waals surface area contributed by atoms with Crippen molar-refractivity contribution in [2.75, 3.05) is 26.7 Å². The van der Waals surface area contributed by atoms with E-state index in [9.17, 15) is 9.90 Å². The van der Waals surface area contributed by atoms with Gasteiger partial charge in [-0.1, -0.05) is 18.2 Å². The summed E-state index contributed by atoms with van der Waals surface area (Å²) in [6.45, 7) is 2.33. The standard InChI is InChI=1S/C20H28N2O3/c1-25-18-7-3-2-6-17(18)20(24)12-15-8-9-16(13-20)22(15)14-19(23)21-10-4-5-11-21/h2-3,6-7,15-16,24H,4-5,8-14H2,1H3. The number of piperidine rings is 1. The van der Waals surface area contributed by atoms with Crippen molar-refractivity contribution in [2.24, 2.45) is 0 Å². The van der Waals surface area contributed by atoms with E-state index in [0.717, 1.165) is 50.1 Å². The van der Waals surface area contributed by atoms with Gasteiger partial charge < -0.3 is 14.7 Å². The molecule has 0 aromatic heterocycles. The highest BCUT2D eigenvalue weighted by atomic mass is 16.5. The van der Waals surface area contributed by atoms with Crippen molar-refractivity contribution in [1.82, 2.24) is 9.80 Å². The Morgan fingerprint density at radius 2 is 1.84 bits per heavy atom. The second kappa shape index (κ2) is 6.61. The van der Waals surface area contributed by atoms with E-state index in [4.69, 9.17) is 4.74 Å². The Morgan fingerprint density at radius 1 is 1.20 bits per heavy atom. The van der Waals surface area contributed by atoms with Gasteiger partial charge in [0.25, 0.3) is 0 Å². The minimum absolute atomic E-state index is 0.261. The van der Waals surface area contributed by atoms with E-state index in [1.807, 2.05) is 29.2 Å². The Morgan fingerprint density at radius 3 is 2.48 bits per heavy atom. The summed E-state index contributed by atoms with van der Waals surface area (Å²) in [4.78, 5) is 16.9. The molecule has 0 aliphatic carbocycles. The summed E-state index contributed by atoms with van der Waals surface area (Å²) in [5.74, 6) is 1.02. The molecule has 1 aromatic rings. The van der Waals surface area contributed by atoms with Crippen LogP contribution in [-0.2, 0) is 10.4 Å². The molecular weight excluding hydrogens is 316 g/mol. The van der Waals surface area contributed by atoms with Crippen molar-refractivity contribution in [3.8, 4) is 5.75 Å². The van der Waals surface area contributed by atoms with Gasteiger partial charge in [0.15, 0.2) is 0 Å². The molecule has 3 saturated heterocycles. The van der Waals surface area contributed by atoms with E-state index < -0.39 is 5.60 Å². The van der Waals surface area contributed by atoms with Gasteiger partial charge in [0.05, 0.1) is 19.3 Å². The summed E-state index contributed by atoms with van der Waals surface area (Å²) in [7, 11) is 1.65. The largest absolute Gasteiger partial charge is 0.496 e. The Balaban J connectivity index is 1.50. The summed E-state index contributed by atoms with van der Waals surface area (Å²) < 4.78 is 5.48. The third-order valence-corrected chi connectivity index (χ3v) is 6.30. The molecular formula is C20H28N2O3. The number of aliphatic hydroxyl groups is 1. The van der Waals surface area contributed by atoms with Crippen LogP contribution in [0.15, 0.2) is 24.3 Å². The maximum absolute atomic E-state index is 12.6. The van der Waals surface area contributed by atoms with Crippen molar-refractivity contribution in [2.45, 2.75) is 56.2 Å². The molecule has 4 rings (SSSR count). The fraction of sp³-hybridized carbons (Fsp3) is 0.650. The SMILES string of the molecule is COc1ccccc1C1(O)CC2CCC(C1)N2CC(=O)N1CCCC1. The molecule has 1 N–H and O–H groups in total. The first kappa shape index (κ1) is 16.9. The van der Waals surface area contributed by atoms with Crippen molar-refractivity contribution in [3.63, 3.8) is 0 Å². The second-order valence-corrected chi connectivity index (χ2v) is 7.79. The maximum atomic E-state index is 12.6. The van der Waals surface area contributed by atoms with E-state index >= 15 is 0 Å². The molecule has 3 aliphatic rings. The van der Waals surface area contributed by atoms with Crippen molar-refractivity contribution >= 4 is 5.91 Å². The quantitative estimate of drug-likeness (QED) is 0.909. The van der Waals surface area contributed by atoms with Crippen LogP contribution >= 0.6 is 0 Å². The zero-order chi connectivity index (χ0) is 17.4. The lowest BCUT2D eigenvalue weighted by atomic mass is 9.80. The summed E-state index contributed by atoms with van der Waals surface area (Å²) in [6.07, 6.45) is 5.75. The third kappa shape index (κ3) is 3.04. The molecule has 0 spiro atoms. The average Bonchev–Trinajstić information content (AvgIpc) is 3.23. The van der Waals surface area contributed by atoms with Gasteiger partial charge in [0.2, 0.25) is 5.91 Å². The number of hydrogen-bond acceptors (Lipinski definition) is 4. The van der Waals surface area contributed by atoms with E-state index in [2.05, 4.69) is 4.90 Å². The number of likely N-dealkylation sites (tertiary alicyclic amines) is 1. The summed E-state index contributed by atoms with van der Waals surface area (Å²) in [6, 6.07) is 8.34. The number of benzene rings is 1. The molecule has 2 atom stereocenters. The fourth-order valence-electron chi connectivity index (χ4n) is 5.05. The lowest BCUT2D eigenvalue weighted by Crippen LogP contribution is -2.52. The van der Waals surface area contributed by atoms with Crippen LogP contribution in [0.4, 0.5) is 0 Å². The molecule has 1 amide bonds. The molecule has 3 fully saturated rings. The van der Waals surface area contributed by atoms with Crippen molar-refractivity contribution in [1.29, 1.82) is 0 Å². The first-order valence-corrected chi connectivity index (χ1v) is 9.50. The minimum Gasteiger partial charge on any atom is -0.496 e. The van der Waals surface area contributed by atoms with Gasteiger partial charge in [-0.05, 0) is 44.6 Å². The molecule has 1 aromatic carbocycles. The van der Waals surface area contributed by atoms with Gasteiger partial charge in [-0.25, -0.2) is 0 Å². The molecule has 0 radical (unpaired) electrons. The summed E-state index contributed by atoms with van der Waals surface area (Å²) in [5, 5.41) is 11.4. The van der Waals surface area contributed by atoms with Crippen LogP contribution in [0.5, 0.6) is 5.75 Å². The zero-order valence-electron chi connectivity index (χ0n) is 15.0. The van der Waals surface area contributed by atoms with Gasteiger partial charge in [0, 0.05) is 30.7 Å². The Labute approximate surface area is 149 Å². The number of para-hydroxylation sites is 1. The predicted octanol–water partition coefficient (Wildman–Crippen LogP) is 2.13. The molecule has 3 heterocycles. The Bertz CT molecular complexity index is 628. The first-order chi connectivity index (χ1) is 12.1. The average molecular weight is 344 g/mol. The van der Waals surface area contributed by atoms with Crippen LogP contribution in [-0.4, -0.2) is 59.6 Å². The van der Waals surface area contributed by atoms with E-state index in [1.165, 1.54) is 0 Å². The van der Waals surface area contributed by atoms with Gasteiger partial charge in [-0.2, -0.15) is 0 Å². The number of rotatable bonds is 4. The lowest BCUT2D eigenvalue weighted by Gasteiger charge is -2.44. The molecule has 3 aliphatic heterocycles. The number of hydrogen-bond donors (Lipinski definition) is 1. The summed E-state index contributed by atoms with van der Waals surface area (Å²) in [5.41, 5.74) is 0.0333. The number of carbonyl (C=O) groups is 1. The Kier molecular flexibility index (Phi) is 4.46. The number of ether oxygens (including phenoxy) is 1. The highest BCUT2D eigenvalue weighted by Gasteiger charge is 2.49. The van der Waals surface area contributed by atoms with Crippen LogP contribution < -0.4 is 4.74 Å². The predicted molar refractivity (Wildman–Crippen MR) is 95.5 cm³/mol. The number of nitrogens with zero attached hydrogens (tertiary/aromatic N) is 2. The molecule has 2 unspecified atom stereocenters. The van der Waals surface area contributed by atoms with Gasteiger partial charge in [-0.3, -0.25) is 9.69 Å². The maximum Gasteiger partial charge on any atom is 0.236 e. The normalized spacial score (nSPS) is 32.2.